The molecule has 2 aromatic rings. The second kappa shape index (κ2) is 5.58. The molecule has 4 heteroatoms. The fourth-order valence-corrected chi connectivity index (χ4v) is 1.99. The van der Waals surface area contributed by atoms with Gasteiger partial charge in [-0.15, -0.1) is 5.10 Å². The van der Waals surface area contributed by atoms with Crippen molar-refractivity contribution in [2.24, 2.45) is 0 Å². The van der Waals surface area contributed by atoms with Gasteiger partial charge in [0, 0.05) is 12.1 Å². The van der Waals surface area contributed by atoms with Gasteiger partial charge in [0.1, 0.15) is 0 Å². The molecule has 0 aliphatic heterocycles. The molecule has 1 aromatic heterocycles. The Labute approximate surface area is 107 Å². The minimum absolute atomic E-state index is 0.417. The van der Waals surface area contributed by atoms with Crippen LogP contribution in [0.15, 0.2) is 24.3 Å². The molecule has 18 heavy (non-hydrogen) atoms. The lowest BCUT2D eigenvalue weighted by molar-refractivity contribution is 0.111. The van der Waals surface area contributed by atoms with Crippen LogP contribution in [0.25, 0.3) is 11.3 Å². The van der Waals surface area contributed by atoms with Gasteiger partial charge in [-0.05, 0) is 18.9 Å². The maximum Gasteiger partial charge on any atom is 0.172 e. The van der Waals surface area contributed by atoms with Crippen molar-refractivity contribution in [1.29, 1.82) is 0 Å². The Morgan fingerprint density at radius 1 is 1.33 bits per heavy atom. The molecule has 94 valence electrons. The Bertz CT molecular complexity index is 546. The van der Waals surface area contributed by atoms with Crippen molar-refractivity contribution < 1.29 is 4.79 Å². The summed E-state index contributed by atoms with van der Waals surface area (Å²) in [6.07, 6.45) is 2.89. The van der Waals surface area contributed by atoms with Crippen molar-refractivity contribution in [3.8, 4) is 11.3 Å². The average molecular weight is 243 g/mol. The monoisotopic (exact) mass is 243 g/mol. The van der Waals surface area contributed by atoms with Crippen molar-refractivity contribution >= 4 is 6.29 Å². The fraction of sp³-hybridized carbons (Fsp3) is 0.357. The van der Waals surface area contributed by atoms with Crippen LogP contribution in [0.4, 0.5) is 0 Å². The predicted octanol–water partition coefficient (Wildman–Crippen LogP) is 2.87. The third-order valence-electron chi connectivity index (χ3n) is 3.00. The van der Waals surface area contributed by atoms with Crippen LogP contribution in [-0.4, -0.2) is 21.3 Å². The third kappa shape index (κ3) is 2.32. The standard InChI is InChI=1S/C14H17N3O/c1-3-4-9-17-14(13(10-18)15-16-17)12-8-6-5-7-11(12)2/h5-8,10H,3-4,9H2,1-2H3. The first-order valence-electron chi connectivity index (χ1n) is 6.22. The van der Waals surface area contributed by atoms with Crippen LogP contribution < -0.4 is 0 Å². The number of unbranched alkanes of at least 4 members (excludes halogenated alkanes) is 1. The maximum absolute atomic E-state index is 11.1. The van der Waals surface area contributed by atoms with E-state index in [2.05, 4.69) is 17.2 Å². The SMILES string of the molecule is CCCCn1nnc(C=O)c1-c1ccccc1C. The molecule has 4 nitrogen and oxygen atoms in total. The van der Waals surface area contributed by atoms with Gasteiger partial charge in [0.25, 0.3) is 0 Å². The Kier molecular flexibility index (Phi) is 3.87. The highest BCUT2D eigenvalue weighted by atomic mass is 16.1. The largest absolute Gasteiger partial charge is 0.296 e. The second-order valence-electron chi connectivity index (χ2n) is 4.33. The van der Waals surface area contributed by atoms with Crippen molar-refractivity contribution in [1.82, 2.24) is 15.0 Å². The lowest BCUT2D eigenvalue weighted by atomic mass is 10.0. The first-order chi connectivity index (χ1) is 8.77. The highest BCUT2D eigenvalue weighted by Gasteiger charge is 2.15. The normalized spacial score (nSPS) is 10.6. The number of hydrogen-bond acceptors (Lipinski definition) is 3. The molecule has 0 bridgehead atoms. The van der Waals surface area contributed by atoms with Gasteiger partial charge in [0.15, 0.2) is 12.0 Å². The number of carbonyl (C=O) groups excluding carboxylic acids is 1. The maximum atomic E-state index is 11.1. The molecule has 0 atom stereocenters. The highest BCUT2D eigenvalue weighted by molar-refractivity contribution is 5.84. The van der Waals surface area contributed by atoms with E-state index in [4.69, 9.17) is 0 Å². The first kappa shape index (κ1) is 12.5. The first-order valence-corrected chi connectivity index (χ1v) is 6.22. The van der Waals surface area contributed by atoms with E-state index in [1.165, 1.54) is 0 Å². The predicted molar refractivity (Wildman–Crippen MR) is 70.5 cm³/mol. The van der Waals surface area contributed by atoms with Gasteiger partial charge in [-0.2, -0.15) is 0 Å². The van der Waals surface area contributed by atoms with Crippen LogP contribution in [-0.2, 0) is 6.54 Å². The summed E-state index contributed by atoms with van der Waals surface area (Å²) in [5.74, 6) is 0. The average Bonchev–Trinajstić information content (AvgIpc) is 2.79. The zero-order valence-corrected chi connectivity index (χ0v) is 10.8. The molecule has 1 aromatic carbocycles. The molecule has 2 rings (SSSR count). The van der Waals surface area contributed by atoms with Crippen molar-refractivity contribution in [2.75, 3.05) is 0 Å². The Balaban J connectivity index is 2.50. The summed E-state index contributed by atoms with van der Waals surface area (Å²) < 4.78 is 1.83. The molecular formula is C14H17N3O. The van der Waals surface area contributed by atoms with E-state index in [0.29, 0.717) is 5.69 Å². The van der Waals surface area contributed by atoms with Crippen LogP contribution in [0.5, 0.6) is 0 Å². The van der Waals surface area contributed by atoms with Crippen molar-refractivity contribution in [2.45, 2.75) is 33.2 Å². The number of aromatic nitrogens is 3. The summed E-state index contributed by atoms with van der Waals surface area (Å²) in [5.41, 5.74) is 3.40. The Morgan fingerprint density at radius 3 is 2.78 bits per heavy atom. The highest BCUT2D eigenvalue weighted by Crippen LogP contribution is 2.25. The van der Waals surface area contributed by atoms with Crippen LogP contribution in [0, 0.1) is 6.92 Å². The van der Waals surface area contributed by atoms with Crippen LogP contribution >= 0.6 is 0 Å². The second-order valence-corrected chi connectivity index (χ2v) is 4.33. The molecule has 0 amide bonds. The van der Waals surface area contributed by atoms with Gasteiger partial charge in [0.05, 0.1) is 5.69 Å². The molecule has 0 aliphatic rings. The lowest BCUT2D eigenvalue weighted by Gasteiger charge is -2.08. The third-order valence-corrected chi connectivity index (χ3v) is 3.00. The number of aldehydes is 1. The molecule has 0 fully saturated rings. The number of nitrogens with zero attached hydrogens (tertiary/aromatic N) is 3. The smallest absolute Gasteiger partial charge is 0.172 e. The van der Waals surface area contributed by atoms with E-state index in [0.717, 1.165) is 42.5 Å². The summed E-state index contributed by atoms with van der Waals surface area (Å²) in [6, 6.07) is 7.98. The summed E-state index contributed by atoms with van der Waals surface area (Å²) >= 11 is 0. The summed E-state index contributed by atoms with van der Waals surface area (Å²) in [4.78, 5) is 11.1. The minimum atomic E-state index is 0.417. The van der Waals surface area contributed by atoms with Gasteiger partial charge in [-0.25, -0.2) is 4.68 Å². The quantitative estimate of drug-likeness (QED) is 0.759. The van der Waals surface area contributed by atoms with Crippen molar-refractivity contribution in [3.63, 3.8) is 0 Å². The van der Waals surface area contributed by atoms with Gasteiger partial charge in [0.2, 0.25) is 0 Å². The van der Waals surface area contributed by atoms with E-state index in [9.17, 15) is 4.79 Å². The molecule has 1 heterocycles. The molecule has 0 saturated carbocycles. The van der Waals surface area contributed by atoms with Crippen LogP contribution in [0.2, 0.25) is 0 Å². The van der Waals surface area contributed by atoms with E-state index >= 15 is 0 Å². The number of carbonyl (C=O) groups is 1. The van der Waals surface area contributed by atoms with Crippen LogP contribution in [0.3, 0.4) is 0 Å². The number of hydrogen-bond donors (Lipinski definition) is 0. The Hall–Kier alpha value is -1.97. The molecule has 0 unspecified atom stereocenters. The van der Waals surface area contributed by atoms with Gasteiger partial charge in [-0.1, -0.05) is 42.8 Å². The van der Waals surface area contributed by atoms with E-state index in [-0.39, 0.29) is 0 Å². The zero-order chi connectivity index (χ0) is 13.0. The molecule has 0 N–H and O–H groups in total. The molecular weight excluding hydrogens is 226 g/mol. The Morgan fingerprint density at radius 2 is 2.11 bits per heavy atom. The van der Waals surface area contributed by atoms with E-state index < -0.39 is 0 Å². The number of rotatable bonds is 5. The minimum Gasteiger partial charge on any atom is -0.296 e. The molecule has 0 radical (unpaired) electrons. The topological polar surface area (TPSA) is 47.8 Å². The van der Waals surface area contributed by atoms with Crippen LogP contribution in [0.1, 0.15) is 35.8 Å². The summed E-state index contributed by atoms with van der Waals surface area (Å²) in [5, 5.41) is 8.03. The molecule has 0 saturated heterocycles. The van der Waals surface area contributed by atoms with Gasteiger partial charge in [-0.3, -0.25) is 4.79 Å². The van der Waals surface area contributed by atoms with E-state index in [1.807, 2.05) is 35.9 Å². The summed E-state index contributed by atoms with van der Waals surface area (Å²) in [6.45, 7) is 4.95. The lowest BCUT2D eigenvalue weighted by Crippen LogP contribution is -2.03. The fourth-order valence-electron chi connectivity index (χ4n) is 1.99. The summed E-state index contributed by atoms with van der Waals surface area (Å²) in [7, 11) is 0. The number of benzene rings is 1. The molecule has 0 spiro atoms. The van der Waals surface area contributed by atoms with E-state index in [1.54, 1.807) is 0 Å². The molecule has 0 aliphatic carbocycles. The van der Waals surface area contributed by atoms with Crippen molar-refractivity contribution in [3.05, 3.63) is 35.5 Å². The van der Waals surface area contributed by atoms with Gasteiger partial charge >= 0.3 is 0 Å². The number of aryl methyl sites for hydroxylation is 2. The zero-order valence-electron chi connectivity index (χ0n) is 10.8. The van der Waals surface area contributed by atoms with Gasteiger partial charge < -0.3 is 0 Å².